The Kier molecular flexibility index (Phi) is 5.17. The number of hydrogen-bond donors (Lipinski definition) is 0. The molecule has 0 radical (unpaired) electrons. The van der Waals surface area contributed by atoms with Gasteiger partial charge in [0.1, 0.15) is 6.54 Å². The van der Waals surface area contributed by atoms with Gasteiger partial charge in [-0.3, -0.25) is 14.4 Å². The number of carbonyl (C=O) groups is 3. The second-order valence-corrected chi connectivity index (χ2v) is 7.80. The summed E-state index contributed by atoms with van der Waals surface area (Å²) in [6.07, 6.45) is 1.49. The molecule has 0 aliphatic carbocycles. The molecule has 32 heavy (non-hydrogen) atoms. The highest BCUT2D eigenvalue weighted by atomic mass is 19.4. The molecule has 1 spiro atoms. The van der Waals surface area contributed by atoms with Crippen molar-refractivity contribution in [2.45, 2.75) is 18.3 Å². The monoisotopic (exact) mass is 441 g/mol. The Bertz CT molecular complexity index is 1100. The largest absolute Gasteiger partial charge is 0.416 e. The summed E-state index contributed by atoms with van der Waals surface area (Å²) in [4.78, 5) is 41.9. The van der Waals surface area contributed by atoms with E-state index in [1.165, 1.54) is 26.8 Å². The number of anilines is 1. The minimum Gasteiger partial charge on any atom is -0.339 e. The zero-order chi connectivity index (χ0) is 23.1. The number of rotatable bonds is 4. The summed E-state index contributed by atoms with van der Waals surface area (Å²) >= 11 is 0. The van der Waals surface area contributed by atoms with Crippen molar-refractivity contribution in [2.75, 3.05) is 24.5 Å². The summed E-state index contributed by atoms with van der Waals surface area (Å²) in [7, 11) is 0. The van der Waals surface area contributed by atoms with Crippen LogP contribution in [0, 0.1) is 12.3 Å². The lowest BCUT2D eigenvalue weighted by atomic mass is 9.83. The summed E-state index contributed by atoms with van der Waals surface area (Å²) in [6, 6.07) is 11.1. The van der Waals surface area contributed by atoms with Crippen molar-refractivity contribution in [1.29, 1.82) is 0 Å². The maximum absolute atomic E-state index is 13.5. The molecule has 2 fully saturated rings. The highest BCUT2D eigenvalue weighted by Gasteiger charge is 2.59. The van der Waals surface area contributed by atoms with E-state index in [1.807, 2.05) is 0 Å². The molecule has 2 aliphatic heterocycles. The predicted molar refractivity (Wildman–Crippen MR) is 109 cm³/mol. The van der Waals surface area contributed by atoms with Crippen LogP contribution >= 0.6 is 0 Å². The van der Waals surface area contributed by atoms with E-state index in [0.29, 0.717) is 23.2 Å². The van der Waals surface area contributed by atoms with Gasteiger partial charge in [-0.2, -0.15) is 13.2 Å². The molecule has 0 saturated carbocycles. The number of terminal acetylenes is 1. The maximum Gasteiger partial charge on any atom is 0.416 e. The number of amides is 3. The molecule has 2 heterocycles. The maximum atomic E-state index is 13.5. The van der Waals surface area contributed by atoms with E-state index in [0.717, 1.165) is 12.1 Å². The lowest BCUT2D eigenvalue weighted by Crippen LogP contribution is -2.80. The molecule has 2 aromatic carbocycles. The lowest BCUT2D eigenvalue weighted by Gasteiger charge is -2.57. The van der Waals surface area contributed by atoms with Crippen molar-refractivity contribution in [3.8, 4) is 12.3 Å². The molecule has 2 aliphatic rings. The van der Waals surface area contributed by atoms with Crippen LogP contribution in [0.3, 0.4) is 0 Å². The van der Waals surface area contributed by atoms with E-state index in [9.17, 15) is 27.6 Å². The number of hydrogen-bond acceptors (Lipinski definition) is 3. The van der Waals surface area contributed by atoms with E-state index in [4.69, 9.17) is 6.42 Å². The van der Waals surface area contributed by atoms with E-state index in [2.05, 4.69) is 5.92 Å². The first-order chi connectivity index (χ1) is 15.2. The summed E-state index contributed by atoms with van der Waals surface area (Å²) in [5, 5.41) is 0. The van der Waals surface area contributed by atoms with Gasteiger partial charge in [0, 0.05) is 17.8 Å². The number of halogens is 3. The van der Waals surface area contributed by atoms with E-state index in [-0.39, 0.29) is 38.0 Å². The first-order valence-corrected chi connectivity index (χ1v) is 9.72. The molecular formula is C23H18F3N3O3. The summed E-state index contributed by atoms with van der Waals surface area (Å²) in [5.41, 5.74) is -0.493. The molecule has 0 aromatic heterocycles. The van der Waals surface area contributed by atoms with E-state index < -0.39 is 17.3 Å². The molecule has 3 amide bonds. The molecule has 0 atom stereocenters. The average Bonchev–Trinajstić information content (AvgIpc) is 2.75. The van der Waals surface area contributed by atoms with Crippen molar-refractivity contribution in [3.63, 3.8) is 0 Å². The smallest absolute Gasteiger partial charge is 0.339 e. The van der Waals surface area contributed by atoms with E-state index in [1.54, 1.807) is 24.3 Å². The number of piperazine rings is 1. The van der Waals surface area contributed by atoms with Gasteiger partial charge in [-0.1, -0.05) is 18.1 Å². The van der Waals surface area contributed by atoms with Gasteiger partial charge in [0.15, 0.2) is 5.54 Å². The van der Waals surface area contributed by atoms with Gasteiger partial charge in [-0.25, -0.2) is 0 Å². The first kappa shape index (κ1) is 21.4. The quantitative estimate of drug-likeness (QED) is 0.540. The van der Waals surface area contributed by atoms with Gasteiger partial charge in [-0.05, 0) is 42.0 Å². The number of alkyl halides is 3. The molecular weight excluding hydrogens is 423 g/mol. The second kappa shape index (κ2) is 7.71. The molecule has 2 saturated heterocycles. The Labute approximate surface area is 182 Å². The Morgan fingerprint density at radius 1 is 1.03 bits per heavy atom. The molecule has 164 valence electrons. The third-order valence-electron chi connectivity index (χ3n) is 5.80. The zero-order valence-electron chi connectivity index (χ0n) is 16.8. The zero-order valence-corrected chi connectivity index (χ0v) is 16.8. The fourth-order valence-corrected chi connectivity index (χ4v) is 4.07. The molecule has 0 unspecified atom stereocenters. The normalized spacial score (nSPS) is 17.9. The van der Waals surface area contributed by atoms with Crippen LogP contribution in [0.4, 0.5) is 18.9 Å². The third-order valence-corrected chi connectivity index (χ3v) is 5.80. The number of likely N-dealkylation sites (tertiary alicyclic amines) is 1. The number of nitrogens with zero attached hydrogens (tertiary/aromatic N) is 3. The fourth-order valence-electron chi connectivity index (χ4n) is 4.07. The van der Waals surface area contributed by atoms with Crippen molar-refractivity contribution in [3.05, 3.63) is 65.2 Å². The molecule has 9 heteroatoms. The predicted octanol–water partition coefficient (Wildman–Crippen LogP) is 2.27. The minimum absolute atomic E-state index is 0.0145. The number of carbonyl (C=O) groups excluding carboxylic acids is 3. The van der Waals surface area contributed by atoms with Crippen molar-refractivity contribution in [1.82, 2.24) is 9.80 Å². The van der Waals surface area contributed by atoms with E-state index >= 15 is 0 Å². The Balaban J connectivity index is 1.63. The van der Waals surface area contributed by atoms with Crippen LogP contribution in [-0.2, 0) is 27.1 Å². The third kappa shape index (κ3) is 3.58. The lowest BCUT2D eigenvalue weighted by molar-refractivity contribution is -0.166. The van der Waals surface area contributed by atoms with Crippen LogP contribution in [0.1, 0.15) is 16.7 Å². The Morgan fingerprint density at radius 2 is 1.66 bits per heavy atom. The van der Waals surface area contributed by atoms with Gasteiger partial charge in [-0.15, -0.1) is 6.42 Å². The molecule has 4 rings (SSSR count). The first-order valence-electron chi connectivity index (χ1n) is 9.72. The van der Waals surface area contributed by atoms with Crippen molar-refractivity contribution < 1.29 is 27.6 Å². The SMILES string of the molecule is C#Cc1ccc(N2CC(=O)N(Cc3ccc(C(F)(F)F)cc3)C3(CN(C=O)C3)C2=O)cc1. The van der Waals surface area contributed by atoms with Gasteiger partial charge in [0.25, 0.3) is 5.91 Å². The van der Waals surface area contributed by atoms with Crippen LogP contribution in [0.5, 0.6) is 0 Å². The van der Waals surface area contributed by atoms with Crippen LogP contribution < -0.4 is 4.90 Å². The van der Waals surface area contributed by atoms with Crippen LogP contribution in [0.15, 0.2) is 48.5 Å². The average molecular weight is 441 g/mol. The molecule has 6 nitrogen and oxygen atoms in total. The van der Waals surface area contributed by atoms with Gasteiger partial charge < -0.3 is 14.7 Å². The second-order valence-electron chi connectivity index (χ2n) is 7.80. The van der Waals surface area contributed by atoms with Gasteiger partial charge >= 0.3 is 6.18 Å². The highest BCUT2D eigenvalue weighted by molar-refractivity contribution is 6.10. The fraction of sp³-hybridized carbons (Fsp3) is 0.261. The van der Waals surface area contributed by atoms with Gasteiger partial charge in [0.05, 0.1) is 18.7 Å². The Hall–Kier alpha value is -3.80. The molecule has 2 aromatic rings. The summed E-state index contributed by atoms with van der Waals surface area (Å²) in [5.74, 6) is 1.77. The van der Waals surface area contributed by atoms with Crippen LogP contribution in [0.2, 0.25) is 0 Å². The van der Waals surface area contributed by atoms with Crippen molar-refractivity contribution in [2.24, 2.45) is 0 Å². The topological polar surface area (TPSA) is 60.9 Å². The molecule has 0 N–H and O–H groups in total. The standard InChI is InChI=1S/C23H18F3N3O3/c1-2-16-5-9-19(10-6-16)28-12-20(31)29(22(21(28)32)13-27(14-22)15-30)11-17-3-7-18(8-4-17)23(24,25)26/h1,3-10,15H,11-14H2. The molecule has 0 bridgehead atoms. The van der Waals surface area contributed by atoms with Gasteiger partial charge in [0.2, 0.25) is 12.3 Å². The summed E-state index contributed by atoms with van der Waals surface area (Å²) < 4.78 is 38.5. The van der Waals surface area contributed by atoms with Crippen molar-refractivity contribution >= 4 is 23.9 Å². The Morgan fingerprint density at radius 3 is 2.19 bits per heavy atom. The number of benzene rings is 2. The van der Waals surface area contributed by atoms with Crippen LogP contribution in [0.25, 0.3) is 0 Å². The minimum atomic E-state index is -4.47. The summed E-state index contributed by atoms with van der Waals surface area (Å²) in [6.45, 7) is -0.238. The highest BCUT2D eigenvalue weighted by Crippen LogP contribution is 2.36. The van der Waals surface area contributed by atoms with Crippen LogP contribution in [-0.4, -0.2) is 53.2 Å².